The molecule has 6 heteroatoms. The van der Waals surface area contributed by atoms with E-state index in [1.54, 1.807) is 19.2 Å². The molecule has 26 heavy (non-hydrogen) atoms. The molecule has 0 aliphatic rings. The van der Waals surface area contributed by atoms with Crippen LogP contribution in [0.1, 0.15) is 23.1 Å². The molecule has 0 fully saturated rings. The van der Waals surface area contributed by atoms with E-state index in [0.29, 0.717) is 5.75 Å². The Morgan fingerprint density at radius 1 is 1.12 bits per heavy atom. The number of aliphatic hydroxyl groups excluding tert-OH is 1. The zero-order chi connectivity index (χ0) is 18.5. The Morgan fingerprint density at radius 3 is 2.42 bits per heavy atom. The Hall–Kier alpha value is -3.25. The zero-order valence-corrected chi connectivity index (χ0v) is 14.2. The number of methoxy groups -OCH3 is 1. The molecule has 1 aromatic heterocycles. The summed E-state index contributed by atoms with van der Waals surface area (Å²) in [5.74, 6) is 0.306. The van der Waals surface area contributed by atoms with Crippen LogP contribution >= 0.6 is 0 Å². The van der Waals surface area contributed by atoms with E-state index in [4.69, 9.17) is 9.15 Å². The summed E-state index contributed by atoms with van der Waals surface area (Å²) >= 11 is 0. The topological polar surface area (TPSA) is 91.9 Å². The first-order chi connectivity index (χ1) is 12.6. The molecule has 3 rings (SSSR count). The molecule has 0 radical (unpaired) electrons. The van der Waals surface area contributed by atoms with E-state index < -0.39 is 23.8 Å². The van der Waals surface area contributed by atoms with Gasteiger partial charge in [0.15, 0.2) is 5.76 Å². The Morgan fingerprint density at radius 2 is 1.81 bits per heavy atom. The van der Waals surface area contributed by atoms with Gasteiger partial charge in [-0.15, -0.1) is 0 Å². The van der Waals surface area contributed by atoms with Crippen LogP contribution < -0.4 is 15.5 Å². The third kappa shape index (κ3) is 3.70. The van der Waals surface area contributed by atoms with Crippen LogP contribution in [0.25, 0.3) is 0 Å². The van der Waals surface area contributed by atoms with E-state index in [1.165, 1.54) is 0 Å². The van der Waals surface area contributed by atoms with Crippen LogP contribution in [-0.4, -0.2) is 17.3 Å². The van der Waals surface area contributed by atoms with Gasteiger partial charge >= 0.3 is 0 Å². The number of hydrogen-bond acceptors (Lipinski definition) is 6. The number of aliphatic hydroxyl groups is 1. The molecule has 6 nitrogen and oxygen atoms in total. The van der Waals surface area contributed by atoms with E-state index in [-0.39, 0.29) is 11.5 Å². The molecule has 0 bridgehead atoms. The van der Waals surface area contributed by atoms with Crippen LogP contribution in [0.5, 0.6) is 11.5 Å². The number of rotatable bonds is 6. The van der Waals surface area contributed by atoms with Gasteiger partial charge in [-0.1, -0.05) is 30.3 Å². The highest BCUT2D eigenvalue weighted by atomic mass is 16.5. The average Bonchev–Trinajstić information content (AvgIpc) is 2.69. The second-order valence-corrected chi connectivity index (χ2v) is 5.66. The first-order valence-corrected chi connectivity index (χ1v) is 8.04. The highest BCUT2D eigenvalue weighted by Crippen LogP contribution is 2.32. The molecule has 0 saturated carbocycles. The molecule has 3 aromatic rings. The van der Waals surface area contributed by atoms with E-state index in [9.17, 15) is 15.0 Å². The molecular weight excluding hydrogens is 334 g/mol. The third-order valence-corrected chi connectivity index (χ3v) is 3.95. The van der Waals surface area contributed by atoms with Crippen molar-refractivity contribution in [2.45, 2.75) is 12.6 Å². The summed E-state index contributed by atoms with van der Waals surface area (Å²) in [5, 5.41) is 22.9. The van der Waals surface area contributed by atoms with Gasteiger partial charge in [-0.3, -0.25) is 4.79 Å². The van der Waals surface area contributed by atoms with E-state index in [0.717, 1.165) is 17.3 Å². The molecule has 1 atom stereocenters. The van der Waals surface area contributed by atoms with E-state index in [1.807, 2.05) is 42.5 Å². The fraction of sp³-hybridized carbons (Fsp3) is 0.150. The molecule has 2 aromatic carbocycles. The first kappa shape index (κ1) is 17.6. The molecule has 0 amide bonds. The second kappa shape index (κ2) is 7.76. The van der Waals surface area contributed by atoms with Crippen molar-refractivity contribution in [2.75, 3.05) is 12.4 Å². The number of anilines is 1. The Kier molecular flexibility index (Phi) is 5.24. The summed E-state index contributed by atoms with van der Waals surface area (Å²) in [6.45, 7) is -0.441. The molecule has 0 spiro atoms. The maximum Gasteiger partial charge on any atom is 0.227 e. The van der Waals surface area contributed by atoms with E-state index >= 15 is 0 Å². The van der Waals surface area contributed by atoms with Crippen LogP contribution in [0.2, 0.25) is 0 Å². The molecule has 3 N–H and O–H groups in total. The number of nitrogens with one attached hydrogen (secondary N) is 1. The van der Waals surface area contributed by atoms with Crippen molar-refractivity contribution >= 4 is 5.69 Å². The van der Waals surface area contributed by atoms with Crippen molar-refractivity contribution in [3.8, 4) is 11.5 Å². The number of benzene rings is 2. The third-order valence-electron chi connectivity index (χ3n) is 3.95. The number of hydrogen-bond donors (Lipinski definition) is 3. The molecular formula is C20H19NO5. The van der Waals surface area contributed by atoms with Crippen molar-refractivity contribution in [1.29, 1.82) is 0 Å². The Balaban J connectivity index is 2.11. The summed E-state index contributed by atoms with van der Waals surface area (Å²) < 4.78 is 10.8. The molecule has 0 saturated heterocycles. The highest BCUT2D eigenvalue weighted by molar-refractivity contribution is 5.50. The number of para-hydroxylation sites is 1. The molecule has 1 unspecified atom stereocenters. The lowest BCUT2D eigenvalue weighted by atomic mass is 10.0. The minimum Gasteiger partial charge on any atom is -0.502 e. The van der Waals surface area contributed by atoms with Crippen molar-refractivity contribution in [3.05, 3.63) is 88.0 Å². The average molecular weight is 353 g/mol. The van der Waals surface area contributed by atoms with Crippen LogP contribution in [0.4, 0.5) is 5.69 Å². The largest absolute Gasteiger partial charge is 0.502 e. The van der Waals surface area contributed by atoms with Crippen LogP contribution in [0.3, 0.4) is 0 Å². The fourth-order valence-corrected chi connectivity index (χ4v) is 2.63. The van der Waals surface area contributed by atoms with Gasteiger partial charge in [-0.25, -0.2) is 0 Å². The standard InChI is InChI=1S/C20H19NO5/c1-25-15-9-7-13(8-10-15)18(21-14-5-3-2-4-6-14)20-19(24)17(23)11-16(12-22)26-20/h2-11,18,21-22,24H,12H2,1H3. The number of ether oxygens (including phenoxy) is 1. The predicted molar refractivity (Wildman–Crippen MR) is 97.5 cm³/mol. The minimum atomic E-state index is -0.637. The second-order valence-electron chi connectivity index (χ2n) is 5.66. The lowest BCUT2D eigenvalue weighted by molar-refractivity contribution is 0.234. The Labute approximate surface area is 150 Å². The number of aromatic hydroxyl groups is 1. The summed E-state index contributed by atoms with van der Waals surface area (Å²) in [6, 6.07) is 17.0. The highest BCUT2D eigenvalue weighted by Gasteiger charge is 2.23. The van der Waals surface area contributed by atoms with Gasteiger partial charge in [0.2, 0.25) is 11.2 Å². The van der Waals surface area contributed by atoms with Gasteiger partial charge in [-0.2, -0.15) is 0 Å². The molecule has 0 aliphatic heterocycles. The summed E-state index contributed by atoms with van der Waals surface area (Å²) in [5.41, 5.74) is 0.927. The minimum absolute atomic E-state index is 0.0376. The first-order valence-electron chi connectivity index (χ1n) is 8.04. The summed E-state index contributed by atoms with van der Waals surface area (Å²) in [4.78, 5) is 12.0. The smallest absolute Gasteiger partial charge is 0.227 e. The van der Waals surface area contributed by atoms with Gasteiger partial charge in [-0.05, 0) is 29.8 Å². The maximum atomic E-state index is 12.0. The van der Waals surface area contributed by atoms with Gasteiger partial charge in [0.1, 0.15) is 24.2 Å². The van der Waals surface area contributed by atoms with Gasteiger partial charge < -0.3 is 24.7 Å². The van der Waals surface area contributed by atoms with Crippen LogP contribution in [0, 0.1) is 0 Å². The van der Waals surface area contributed by atoms with Crippen LogP contribution in [-0.2, 0) is 6.61 Å². The molecule has 134 valence electrons. The Bertz CT molecular complexity index is 919. The van der Waals surface area contributed by atoms with Crippen molar-refractivity contribution in [2.24, 2.45) is 0 Å². The lowest BCUT2D eigenvalue weighted by Crippen LogP contribution is -2.16. The van der Waals surface area contributed by atoms with Gasteiger partial charge in [0.05, 0.1) is 7.11 Å². The SMILES string of the molecule is COc1ccc(C(Nc2ccccc2)c2oc(CO)cc(=O)c2O)cc1. The molecule has 1 heterocycles. The summed E-state index contributed by atoms with van der Waals surface area (Å²) in [7, 11) is 1.57. The van der Waals surface area contributed by atoms with Crippen LogP contribution in [0.15, 0.2) is 69.9 Å². The monoisotopic (exact) mass is 353 g/mol. The van der Waals surface area contributed by atoms with Crippen molar-refractivity contribution in [1.82, 2.24) is 0 Å². The quantitative estimate of drug-likeness (QED) is 0.631. The van der Waals surface area contributed by atoms with Crippen molar-refractivity contribution in [3.63, 3.8) is 0 Å². The lowest BCUT2D eigenvalue weighted by Gasteiger charge is -2.21. The van der Waals surface area contributed by atoms with Gasteiger partial charge in [0, 0.05) is 11.8 Å². The molecule has 0 aliphatic carbocycles. The van der Waals surface area contributed by atoms with E-state index in [2.05, 4.69) is 5.32 Å². The van der Waals surface area contributed by atoms with Crippen molar-refractivity contribution < 1.29 is 19.4 Å². The normalized spacial score (nSPS) is 11.8. The maximum absolute atomic E-state index is 12.0. The predicted octanol–water partition coefficient (Wildman–Crippen LogP) is 3.05. The fourth-order valence-electron chi connectivity index (χ4n) is 2.63. The van der Waals surface area contributed by atoms with Gasteiger partial charge in [0.25, 0.3) is 0 Å². The summed E-state index contributed by atoms with van der Waals surface area (Å²) in [6.07, 6.45) is 0. The zero-order valence-electron chi connectivity index (χ0n) is 14.2.